The van der Waals surface area contributed by atoms with Gasteiger partial charge in [-0.2, -0.15) is 0 Å². The first kappa shape index (κ1) is 15.6. The molecule has 1 rings (SSSR count). The van der Waals surface area contributed by atoms with Gasteiger partial charge in [-0.15, -0.1) is 0 Å². The zero-order valence-electron chi connectivity index (χ0n) is 11.0. The van der Waals surface area contributed by atoms with Crippen LogP contribution in [0.2, 0.25) is 0 Å². The number of sulfonamides is 1. The molecule has 0 aliphatic heterocycles. The van der Waals surface area contributed by atoms with Gasteiger partial charge in [-0.25, -0.2) is 17.9 Å². The van der Waals surface area contributed by atoms with Gasteiger partial charge < -0.3 is 10.1 Å². The van der Waals surface area contributed by atoms with E-state index in [-0.39, 0.29) is 4.90 Å². The fourth-order valence-corrected chi connectivity index (χ4v) is 2.52. The van der Waals surface area contributed by atoms with Crippen molar-refractivity contribution in [3.05, 3.63) is 29.8 Å². The quantitative estimate of drug-likeness (QED) is 0.558. The Labute approximate surface area is 113 Å². The highest BCUT2D eigenvalue weighted by Crippen LogP contribution is 2.11. The maximum atomic E-state index is 11.9. The summed E-state index contributed by atoms with van der Waals surface area (Å²) < 4.78 is 30.8. The smallest absolute Gasteiger partial charge is 0.337 e. The molecule has 1 aromatic rings. The molecule has 0 aromatic heterocycles. The summed E-state index contributed by atoms with van der Waals surface area (Å²) in [6.45, 7) is 1.10. The fraction of sp³-hybridized carbons (Fsp3) is 0.417. The minimum atomic E-state index is -3.52. The summed E-state index contributed by atoms with van der Waals surface area (Å²) >= 11 is 0. The van der Waals surface area contributed by atoms with Crippen LogP contribution in [0, 0.1) is 0 Å². The number of rotatable bonds is 7. The lowest BCUT2D eigenvalue weighted by atomic mass is 10.2. The Hall–Kier alpha value is -1.44. The lowest BCUT2D eigenvalue weighted by molar-refractivity contribution is 0.0600. The van der Waals surface area contributed by atoms with Crippen LogP contribution in [-0.4, -0.2) is 41.6 Å². The van der Waals surface area contributed by atoms with E-state index in [1.807, 2.05) is 0 Å². The van der Waals surface area contributed by atoms with Crippen molar-refractivity contribution in [1.82, 2.24) is 10.0 Å². The molecule has 1 aromatic carbocycles. The van der Waals surface area contributed by atoms with E-state index in [1.54, 1.807) is 7.05 Å². The Kier molecular flexibility index (Phi) is 5.94. The molecule has 7 heteroatoms. The summed E-state index contributed by atoms with van der Waals surface area (Å²) in [5.74, 6) is -0.495. The fourth-order valence-electron chi connectivity index (χ4n) is 1.44. The summed E-state index contributed by atoms with van der Waals surface area (Å²) in [5, 5.41) is 2.93. The molecule has 0 atom stereocenters. The van der Waals surface area contributed by atoms with E-state index in [0.29, 0.717) is 18.5 Å². The molecule has 19 heavy (non-hydrogen) atoms. The van der Waals surface area contributed by atoms with Crippen LogP contribution in [0.15, 0.2) is 29.2 Å². The normalized spacial score (nSPS) is 11.3. The van der Waals surface area contributed by atoms with Crippen molar-refractivity contribution in [3.8, 4) is 0 Å². The molecular formula is C12H18N2O4S. The number of nitrogens with one attached hydrogen (secondary N) is 2. The standard InChI is InChI=1S/C12H18N2O4S/c1-13-8-3-9-14-19(16,17)11-6-4-10(5-7-11)12(15)18-2/h4-7,13-14H,3,8-9H2,1-2H3. The van der Waals surface area contributed by atoms with E-state index in [0.717, 1.165) is 6.54 Å². The van der Waals surface area contributed by atoms with Crippen molar-refractivity contribution in [2.24, 2.45) is 0 Å². The molecule has 0 heterocycles. The maximum absolute atomic E-state index is 11.9. The number of carbonyl (C=O) groups is 1. The number of benzene rings is 1. The van der Waals surface area contributed by atoms with E-state index in [1.165, 1.54) is 31.4 Å². The molecule has 0 unspecified atom stereocenters. The Balaban J connectivity index is 2.71. The van der Waals surface area contributed by atoms with Crippen molar-refractivity contribution >= 4 is 16.0 Å². The highest BCUT2D eigenvalue weighted by atomic mass is 32.2. The van der Waals surface area contributed by atoms with Crippen molar-refractivity contribution in [3.63, 3.8) is 0 Å². The van der Waals surface area contributed by atoms with Crippen molar-refractivity contribution in [1.29, 1.82) is 0 Å². The largest absolute Gasteiger partial charge is 0.465 e. The summed E-state index contributed by atoms with van der Waals surface area (Å²) in [7, 11) is -0.440. The highest BCUT2D eigenvalue weighted by Gasteiger charge is 2.14. The topological polar surface area (TPSA) is 84.5 Å². The van der Waals surface area contributed by atoms with Crippen LogP contribution in [-0.2, 0) is 14.8 Å². The second kappa shape index (κ2) is 7.22. The first-order chi connectivity index (χ1) is 9.01. The van der Waals surface area contributed by atoms with Gasteiger partial charge in [0.1, 0.15) is 0 Å². The van der Waals surface area contributed by atoms with E-state index in [9.17, 15) is 13.2 Å². The van der Waals surface area contributed by atoms with Gasteiger partial charge in [0.15, 0.2) is 0 Å². The third-order valence-electron chi connectivity index (χ3n) is 2.48. The van der Waals surface area contributed by atoms with Crippen LogP contribution in [0.4, 0.5) is 0 Å². The molecule has 6 nitrogen and oxygen atoms in total. The second-order valence-corrected chi connectivity index (χ2v) is 5.64. The van der Waals surface area contributed by atoms with Gasteiger partial charge in [0.25, 0.3) is 0 Å². The molecule has 2 N–H and O–H groups in total. The predicted octanol–water partition coefficient (Wildman–Crippen LogP) is 0.361. The average Bonchev–Trinajstić information content (AvgIpc) is 2.43. The summed E-state index contributed by atoms with van der Waals surface area (Å²) in [4.78, 5) is 11.4. The van der Waals surface area contributed by atoms with Crippen LogP contribution in [0.5, 0.6) is 0 Å². The number of ether oxygens (including phenoxy) is 1. The predicted molar refractivity (Wildman–Crippen MR) is 71.5 cm³/mol. The van der Waals surface area contributed by atoms with E-state index < -0.39 is 16.0 Å². The molecule has 0 saturated carbocycles. The SMILES string of the molecule is CNCCCNS(=O)(=O)c1ccc(C(=O)OC)cc1. The van der Waals surface area contributed by atoms with E-state index in [2.05, 4.69) is 14.8 Å². The van der Waals surface area contributed by atoms with Gasteiger partial charge in [0, 0.05) is 6.54 Å². The molecule has 0 radical (unpaired) electrons. The average molecular weight is 286 g/mol. The molecule has 0 fully saturated rings. The van der Waals surface area contributed by atoms with Crippen LogP contribution in [0.1, 0.15) is 16.8 Å². The zero-order valence-corrected chi connectivity index (χ0v) is 11.8. The monoisotopic (exact) mass is 286 g/mol. The summed E-state index contributed by atoms with van der Waals surface area (Å²) in [6.07, 6.45) is 0.704. The molecule has 0 aliphatic carbocycles. The Morgan fingerprint density at radius 1 is 1.21 bits per heavy atom. The number of hydrogen-bond donors (Lipinski definition) is 2. The molecular weight excluding hydrogens is 268 g/mol. The van der Waals surface area contributed by atoms with Gasteiger partial charge in [0.05, 0.1) is 17.6 Å². The lowest BCUT2D eigenvalue weighted by Crippen LogP contribution is -2.26. The maximum Gasteiger partial charge on any atom is 0.337 e. The molecule has 106 valence electrons. The van der Waals surface area contributed by atoms with Crippen LogP contribution >= 0.6 is 0 Å². The van der Waals surface area contributed by atoms with Crippen LogP contribution in [0.3, 0.4) is 0 Å². The first-order valence-corrected chi connectivity index (χ1v) is 7.32. The van der Waals surface area contributed by atoms with Gasteiger partial charge in [-0.05, 0) is 44.3 Å². The Bertz CT molecular complexity index is 511. The number of hydrogen-bond acceptors (Lipinski definition) is 5. The van der Waals surface area contributed by atoms with Gasteiger partial charge in [-0.1, -0.05) is 0 Å². The second-order valence-electron chi connectivity index (χ2n) is 3.87. The van der Waals surface area contributed by atoms with Crippen molar-refractivity contribution in [2.45, 2.75) is 11.3 Å². The third kappa shape index (κ3) is 4.62. The summed E-state index contributed by atoms with van der Waals surface area (Å²) in [6, 6.07) is 5.61. The van der Waals surface area contributed by atoms with Gasteiger partial charge in [-0.3, -0.25) is 0 Å². The Morgan fingerprint density at radius 2 is 1.84 bits per heavy atom. The van der Waals surface area contributed by atoms with Crippen LogP contribution in [0.25, 0.3) is 0 Å². The Morgan fingerprint density at radius 3 is 2.37 bits per heavy atom. The number of methoxy groups -OCH3 is 1. The molecule has 0 bridgehead atoms. The molecule has 0 amide bonds. The molecule has 0 aliphatic rings. The van der Waals surface area contributed by atoms with Crippen molar-refractivity contribution in [2.75, 3.05) is 27.2 Å². The van der Waals surface area contributed by atoms with E-state index >= 15 is 0 Å². The van der Waals surface area contributed by atoms with Gasteiger partial charge in [0.2, 0.25) is 10.0 Å². The first-order valence-electron chi connectivity index (χ1n) is 5.84. The van der Waals surface area contributed by atoms with Crippen molar-refractivity contribution < 1.29 is 17.9 Å². The van der Waals surface area contributed by atoms with Gasteiger partial charge >= 0.3 is 5.97 Å². The lowest BCUT2D eigenvalue weighted by Gasteiger charge is -2.07. The minimum absolute atomic E-state index is 0.129. The zero-order chi connectivity index (χ0) is 14.3. The van der Waals surface area contributed by atoms with E-state index in [4.69, 9.17) is 0 Å². The molecule has 0 spiro atoms. The van der Waals surface area contributed by atoms with Crippen LogP contribution < -0.4 is 10.0 Å². The highest BCUT2D eigenvalue weighted by molar-refractivity contribution is 7.89. The summed E-state index contributed by atoms with van der Waals surface area (Å²) in [5.41, 5.74) is 0.316. The third-order valence-corrected chi connectivity index (χ3v) is 3.96. The number of esters is 1. The number of carbonyl (C=O) groups excluding carboxylic acids is 1. The minimum Gasteiger partial charge on any atom is -0.465 e. The molecule has 0 saturated heterocycles.